The Hall–Kier alpha value is -3.03. The molecule has 0 saturated carbocycles. The summed E-state index contributed by atoms with van der Waals surface area (Å²) in [7, 11) is 1.47. The maximum absolute atomic E-state index is 12.6. The predicted molar refractivity (Wildman–Crippen MR) is 95.9 cm³/mol. The number of ether oxygens (including phenoxy) is 1. The molecule has 5 nitrogen and oxygen atoms in total. The number of methoxy groups -OCH3 is 1. The second-order valence-electron chi connectivity index (χ2n) is 6.55. The molecule has 0 aliphatic heterocycles. The minimum absolute atomic E-state index is 0.183. The first kappa shape index (κ1) is 21.3. The molecule has 1 amide bonds. The van der Waals surface area contributed by atoms with Crippen LogP contribution in [0.2, 0.25) is 0 Å². The second-order valence-corrected chi connectivity index (χ2v) is 6.55. The highest BCUT2D eigenvalue weighted by molar-refractivity contribution is 5.80. The third-order valence-corrected chi connectivity index (χ3v) is 4.27. The third-order valence-electron chi connectivity index (χ3n) is 4.27. The molecule has 8 heteroatoms. The van der Waals surface area contributed by atoms with Crippen LogP contribution in [0.15, 0.2) is 48.5 Å². The fourth-order valence-electron chi connectivity index (χ4n) is 2.84. The number of carboxylic acids is 1. The molecule has 0 saturated heterocycles. The molecule has 2 N–H and O–H groups in total. The van der Waals surface area contributed by atoms with Gasteiger partial charge in [-0.1, -0.05) is 24.3 Å². The van der Waals surface area contributed by atoms with Crippen LogP contribution in [0, 0.1) is 0 Å². The van der Waals surface area contributed by atoms with Crippen LogP contribution in [-0.4, -0.2) is 24.1 Å². The van der Waals surface area contributed by atoms with Gasteiger partial charge in [0.15, 0.2) is 0 Å². The Labute approximate surface area is 160 Å². The summed E-state index contributed by atoms with van der Waals surface area (Å²) in [6.45, 7) is 1.57. The molecule has 0 spiro atoms. The SMILES string of the molecule is COc1cccc(C(C)(CC(=O)O)NC(=O)Cc2ccc(C(F)(F)F)cc2)c1. The minimum Gasteiger partial charge on any atom is -0.497 e. The summed E-state index contributed by atoms with van der Waals surface area (Å²) in [6.07, 6.45) is -5.01. The zero-order chi connectivity index (χ0) is 20.9. The fourth-order valence-corrected chi connectivity index (χ4v) is 2.84. The smallest absolute Gasteiger partial charge is 0.416 e. The van der Waals surface area contributed by atoms with Gasteiger partial charge in [0, 0.05) is 0 Å². The van der Waals surface area contributed by atoms with Crippen molar-refractivity contribution in [3.63, 3.8) is 0 Å². The van der Waals surface area contributed by atoms with E-state index in [9.17, 15) is 27.9 Å². The van der Waals surface area contributed by atoms with E-state index >= 15 is 0 Å². The molecule has 0 bridgehead atoms. The fraction of sp³-hybridized carbons (Fsp3) is 0.300. The predicted octanol–water partition coefficient (Wildman–Crippen LogP) is 3.76. The van der Waals surface area contributed by atoms with E-state index in [1.165, 1.54) is 19.2 Å². The summed E-state index contributed by atoms with van der Waals surface area (Å²) < 4.78 is 43.0. The number of amides is 1. The lowest BCUT2D eigenvalue weighted by molar-refractivity contribution is -0.139. The van der Waals surface area contributed by atoms with E-state index < -0.39 is 29.2 Å². The Morgan fingerprint density at radius 3 is 2.25 bits per heavy atom. The van der Waals surface area contributed by atoms with Gasteiger partial charge in [-0.05, 0) is 42.3 Å². The number of carbonyl (C=O) groups excluding carboxylic acids is 1. The highest BCUT2D eigenvalue weighted by Crippen LogP contribution is 2.30. The standard InChI is InChI=1S/C20H20F3NO4/c1-19(12-18(26)27,15-4-3-5-16(11-15)28-2)24-17(25)10-13-6-8-14(9-7-13)20(21,22)23/h3-9,11H,10,12H2,1-2H3,(H,24,25)(H,26,27). The molecule has 0 radical (unpaired) electrons. The van der Waals surface area contributed by atoms with Gasteiger partial charge in [-0.3, -0.25) is 9.59 Å². The molecule has 2 aromatic rings. The minimum atomic E-state index is -4.45. The van der Waals surface area contributed by atoms with Gasteiger partial charge in [0.25, 0.3) is 0 Å². The first-order valence-electron chi connectivity index (χ1n) is 8.37. The average molecular weight is 395 g/mol. The summed E-state index contributed by atoms with van der Waals surface area (Å²) in [6, 6.07) is 10.9. The molecule has 0 aliphatic carbocycles. The zero-order valence-electron chi connectivity index (χ0n) is 15.3. The van der Waals surface area contributed by atoms with Crippen LogP contribution in [0.25, 0.3) is 0 Å². The van der Waals surface area contributed by atoms with Crippen molar-refractivity contribution in [1.29, 1.82) is 0 Å². The number of hydrogen-bond acceptors (Lipinski definition) is 3. The van der Waals surface area contributed by atoms with E-state index in [4.69, 9.17) is 4.74 Å². The maximum atomic E-state index is 12.6. The number of hydrogen-bond donors (Lipinski definition) is 2. The molecule has 2 rings (SSSR count). The highest BCUT2D eigenvalue weighted by Gasteiger charge is 2.32. The molecule has 1 unspecified atom stereocenters. The van der Waals surface area contributed by atoms with Gasteiger partial charge in [-0.2, -0.15) is 13.2 Å². The molecular formula is C20H20F3NO4. The Balaban J connectivity index is 2.19. The maximum Gasteiger partial charge on any atom is 0.416 e. The van der Waals surface area contributed by atoms with E-state index in [0.717, 1.165) is 12.1 Å². The quantitative estimate of drug-likeness (QED) is 0.749. The molecule has 1 atom stereocenters. The van der Waals surface area contributed by atoms with Crippen LogP contribution in [-0.2, 0) is 27.7 Å². The Morgan fingerprint density at radius 1 is 1.07 bits per heavy atom. The monoisotopic (exact) mass is 395 g/mol. The highest BCUT2D eigenvalue weighted by atomic mass is 19.4. The molecule has 28 heavy (non-hydrogen) atoms. The van der Waals surface area contributed by atoms with E-state index in [1.54, 1.807) is 31.2 Å². The van der Waals surface area contributed by atoms with E-state index in [1.807, 2.05) is 0 Å². The van der Waals surface area contributed by atoms with Crippen LogP contribution >= 0.6 is 0 Å². The van der Waals surface area contributed by atoms with Crippen molar-refractivity contribution in [2.45, 2.75) is 31.5 Å². The number of benzene rings is 2. The third kappa shape index (κ3) is 5.48. The first-order valence-corrected chi connectivity index (χ1v) is 8.37. The van der Waals surface area contributed by atoms with E-state index in [2.05, 4.69) is 5.32 Å². The number of carboxylic acid groups (broad SMARTS) is 1. The summed E-state index contributed by atoms with van der Waals surface area (Å²) >= 11 is 0. The van der Waals surface area contributed by atoms with E-state index in [-0.39, 0.29) is 12.8 Å². The Kier molecular flexibility index (Phi) is 6.33. The molecule has 0 aromatic heterocycles. The van der Waals surface area contributed by atoms with Crippen LogP contribution in [0.5, 0.6) is 5.75 Å². The van der Waals surface area contributed by atoms with Crippen molar-refractivity contribution < 1.29 is 32.6 Å². The molecule has 2 aromatic carbocycles. The molecule has 0 fully saturated rings. The topological polar surface area (TPSA) is 75.6 Å². The Bertz CT molecular complexity index is 849. The van der Waals surface area contributed by atoms with Crippen molar-refractivity contribution in [3.8, 4) is 5.75 Å². The van der Waals surface area contributed by atoms with Gasteiger partial charge in [-0.25, -0.2) is 0 Å². The van der Waals surface area contributed by atoms with Crippen LogP contribution in [0.4, 0.5) is 13.2 Å². The van der Waals surface area contributed by atoms with Crippen molar-refractivity contribution in [2.24, 2.45) is 0 Å². The number of nitrogens with one attached hydrogen (secondary N) is 1. The van der Waals surface area contributed by atoms with E-state index in [0.29, 0.717) is 16.9 Å². The number of carbonyl (C=O) groups is 2. The van der Waals surface area contributed by atoms with Gasteiger partial charge in [0.1, 0.15) is 5.75 Å². The van der Waals surface area contributed by atoms with Crippen LogP contribution in [0.3, 0.4) is 0 Å². The van der Waals surface area contributed by atoms with Gasteiger partial charge in [-0.15, -0.1) is 0 Å². The lowest BCUT2D eigenvalue weighted by atomic mass is 9.88. The van der Waals surface area contributed by atoms with Gasteiger partial charge in [0.2, 0.25) is 5.91 Å². The summed E-state index contributed by atoms with van der Waals surface area (Å²) in [5.41, 5.74) is -1.10. The van der Waals surface area contributed by atoms with Crippen molar-refractivity contribution in [1.82, 2.24) is 5.32 Å². The van der Waals surface area contributed by atoms with Crippen molar-refractivity contribution >= 4 is 11.9 Å². The molecular weight excluding hydrogens is 375 g/mol. The lowest BCUT2D eigenvalue weighted by Gasteiger charge is -2.30. The zero-order valence-corrected chi connectivity index (χ0v) is 15.3. The second kappa shape index (κ2) is 8.33. The van der Waals surface area contributed by atoms with Gasteiger partial charge in [0.05, 0.1) is 31.1 Å². The molecule has 0 heterocycles. The molecule has 150 valence electrons. The normalized spacial score (nSPS) is 13.5. The first-order chi connectivity index (χ1) is 13.0. The number of aliphatic carboxylic acids is 1. The largest absolute Gasteiger partial charge is 0.497 e. The average Bonchev–Trinajstić information content (AvgIpc) is 2.60. The number of alkyl halides is 3. The van der Waals surface area contributed by atoms with Crippen LogP contribution < -0.4 is 10.1 Å². The summed E-state index contributed by atoms with van der Waals surface area (Å²) in [4.78, 5) is 23.8. The molecule has 0 aliphatic rings. The Morgan fingerprint density at radius 2 is 1.71 bits per heavy atom. The van der Waals surface area contributed by atoms with Crippen LogP contribution in [0.1, 0.15) is 30.0 Å². The van der Waals surface area contributed by atoms with Crippen molar-refractivity contribution in [2.75, 3.05) is 7.11 Å². The number of halogens is 3. The van der Waals surface area contributed by atoms with Gasteiger partial charge >= 0.3 is 12.1 Å². The lowest BCUT2D eigenvalue weighted by Crippen LogP contribution is -2.45. The summed E-state index contributed by atoms with van der Waals surface area (Å²) in [5.74, 6) is -1.11. The summed E-state index contributed by atoms with van der Waals surface area (Å²) in [5, 5.41) is 11.9. The van der Waals surface area contributed by atoms with Crippen molar-refractivity contribution in [3.05, 3.63) is 65.2 Å². The number of rotatable bonds is 7. The van der Waals surface area contributed by atoms with Gasteiger partial charge < -0.3 is 15.2 Å².